The first-order chi connectivity index (χ1) is 13.8. The van der Waals surface area contributed by atoms with Gasteiger partial charge in [0.15, 0.2) is 0 Å². The Labute approximate surface area is 171 Å². The lowest BCUT2D eigenvalue weighted by molar-refractivity contribution is -0.133. The van der Waals surface area contributed by atoms with Gasteiger partial charge in [-0.25, -0.2) is 9.59 Å². The Kier molecular flexibility index (Phi) is 4.81. The van der Waals surface area contributed by atoms with Gasteiger partial charge in [-0.3, -0.25) is 0 Å². The highest BCUT2D eigenvalue weighted by Gasteiger charge is 2.57. The molecule has 29 heavy (non-hydrogen) atoms. The van der Waals surface area contributed by atoms with Crippen molar-refractivity contribution in [3.05, 3.63) is 70.8 Å². The molecule has 1 fully saturated rings. The second-order valence-electron chi connectivity index (χ2n) is 8.64. The van der Waals surface area contributed by atoms with E-state index >= 15 is 0 Å². The molecule has 2 aromatic rings. The highest BCUT2D eigenvalue weighted by atomic mass is 16.5. The van der Waals surface area contributed by atoms with Crippen LogP contribution in [0.5, 0.6) is 11.5 Å². The minimum atomic E-state index is -0.434. The van der Waals surface area contributed by atoms with Crippen LogP contribution in [0.15, 0.2) is 59.7 Å². The second kappa shape index (κ2) is 7.18. The number of carbonyl (C=O) groups is 2. The standard InChI is InChI=1S/C25H26O4/c1-15-9-5-7-11-19(15)28-23(26)21-17-13-14-18(25(17,3)4)22(21)24(27)29-20-12-8-6-10-16(20)2/h5-12,17-18H,13-14H2,1-4H3. The van der Waals surface area contributed by atoms with Crippen LogP contribution in [-0.2, 0) is 9.59 Å². The van der Waals surface area contributed by atoms with Crippen molar-refractivity contribution in [2.24, 2.45) is 17.3 Å². The predicted molar refractivity (Wildman–Crippen MR) is 111 cm³/mol. The number of benzene rings is 2. The number of rotatable bonds is 4. The second-order valence-corrected chi connectivity index (χ2v) is 8.64. The zero-order chi connectivity index (χ0) is 20.8. The molecule has 0 saturated heterocycles. The van der Waals surface area contributed by atoms with Gasteiger partial charge in [-0.2, -0.15) is 0 Å². The molecule has 0 aromatic heterocycles. The summed E-state index contributed by atoms with van der Waals surface area (Å²) >= 11 is 0. The van der Waals surface area contributed by atoms with E-state index in [1.807, 2.05) is 50.2 Å². The molecule has 0 spiro atoms. The molecule has 4 nitrogen and oxygen atoms in total. The molecule has 2 aromatic carbocycles. The number of carbonyl (C=O) groups excluding carboxylic acids is 2. The first kappa shape index (κ1) is 19.4. The summed E-state index contributed by atoms with van der Waals surface area (Å²) in [4.78, 5) is 26.4. The fraction of sp³-hybridized carbons (Fsp3) is 0.360. The Hall–Kier alpha value is -2.88. The van der Waals surface area contributed by atoms with Gasteiger partial charge in [0.2, 0.25) is 0 Å². The van der Waals surface area contributed by atoms with E-state index in [4.69, 9.17) is 9.47 Å². The van der Waals surface area contributed by atoms with Gasteiger partial charge >= 0.3 is 11.9 Å². The molecule has 0 radical (unpaired) electrons. The van der Waals surface area contributed by atoms with Crippen LogP contribution >= 0.6 is 0 Å². The van der Waals surface area contributed by atoms with Crippen molar-refractivity contribution < 1.29 is 19.1 Å². The first-order valence-corrected chi connectivity index (χ1v) is 10.1. The third-order valence-corrected chi connectivity index (χ3v) is 6.56. The van der Waals surface area contributed by atoms with E-state index in [1.165, 1.54) is 0 Å². The lowest BCUT2D eigenvalue weighted by Crippen LogP contribution is -2.24. The van der Waals surface area contributed by atoms with Crippen LogP contribution in [0, 0.1) is 31.1 Å². The predicted octanol–water partition coefficient (Wildman–Crippen LogP) is 5.18. The summed E-state index contributed by atoms with van der Waals surface area (Å²) in [6.07, 6.45) is 1.77. The third kappa shape index (κ3) is 3.27. The minimum Gasteiger partial charge on any atom is -0.423 e. The molecule has 4 heteroatoms. The summed E-state index contributed by atoms with van der Waals surface area (Å²) in [5, 5.41) is 0. The van der Waals surface area contributed by atoms with Crippen molar-refractivity contribution in [1.82, 2.24) is 0 Å². The van der Waals surface area contributed by atoms with Crippen molar-refractivity contribution in [1.29, 1.82) is 0 Å². The molecule has 0 heterocycles. The van der Waals surface area contributed by atoms with Crippen molar-refractivity contribution in [3.8, 4) is 11.5 Å². The van der Waals surface area contributed by atoms with Gasteiger partial charge in [-0.1, -0.05) is 50.2 Å². The molecule has 2 atom stereocenters. The Morgan fingerprint density at radius 1 is 0.759 bits per heavy atom. The number of ether oxygens (including phenoxy) is 2. The summed E-state index contributed by atoms with van der Waals surface area (Å²) in [5.41, 5.74) is 2.59. The first-order valence-electron chi connectivity index (χ1n) is 10.1. The molecule has 4 rings (SSSR count). The van der Waals surface area contributed by atoms with Gasteiger partial charge < -0.3 is 9.47 Å². The normalized spacial score (nSPS) is 21.9. The van der Waals surface area contributed by atoms with E-state index in [9.17, 15) is 9.59 Å². The lowest BCUT2D eigenvalue weighted by Gasteiger charge is -2.25. The molecule has 150 valence electrons. The molecule has 1 saturated carbocycles. The Balaban J connectivity index is 1.70. The summed E-state index contributed by atoms with van der Waals surface area (Å²) < 4.78 is 11.4. The average molecular weight is 390 g/mol. The maximum absolute atomic E-state index is 13.2. The molecule has 2 aliphatic rings. The zero-order valence-electron chi connectivity index (χ0n) is 17.3. The minimum absolute atomic E-state index is 0.00318. The maximum atomic E-state index is 13.2. The highest BCUT2D eigenvalue weighted by Crippen LogP contribution is 2.60. The Morgan fingerprint density at radius 3 is 1.52 bits per heavy atom. The summed E-state index contributed by atoms with van der Waals surface area (Å²) in [5.74, 6) is 0.189. The molecule has 2 unspecified atom stereocenters. The van der Waals surface area contributed by atoms with Crippen molar-refractivity contribution in [2.75, 3.05) is 0 Å². The van der Waals surface area contributed by atoms with Crippen LogP contribution in [-0.4, -0.2) is 11.9 Å². The Morgan fingerprint density at radius 2 is 1.14 bits per heavy atom. The zero-order valence-corrected chi connectivity index (χ0v) is 17.3. The fourth-order valence-electron chi connectivity index (χ4n) is 4.88. The molecule has 0 N–H and O–H groups in total. The van der Waals surface area contributed by atoms with Crippen LogP contribution in [0.25, 0.3) is 0 Å². The van der Waals surface area contributed by atoms with Crippen molar-refractivity contribution in [2.45, 2.75) is 40.5 Å². The number of para-hydroxylation sites is 2. The van der Waals surface area contributed by atoms with Crippen LogP contribution in [0.2, 0.25) is 0 Å². The van der Waals surface area contributed by atoms with Crippen LogP contribution in [0.4, 0.5) is 0 Å². The molecular weight excluding hydrogens is 364 g/mol. The fourth-order valence-corrected chi connectivity index (χ4v) is 4.88. The van der Waals surface area contributed by atoms with Gasteiger partial charge in [0.1, 0.15) is 11.5 Å². The van der Waals surface area contributed by atoms with Crippen LogP contribution in [0.1, 0.15) is 37.8 Å². The van der Waals surface area contributed by atoms with E-state index in [-0.39, 0.29) is 17.3 Å². The SMILES string of the molecule is Cc1ccccc1OC(=O)C1=C(C(=O)Oc2ccccc2C)C2CCC1C2(C)C. The molecule has 2 aliphatic carbocycles. The Bertz CT molecular complexity index is 935. The maximum Gasteiger partial charge on any atom is 0.340 e. The van der Waals surface area contributed by atoms with Crippen LogP contribution in [0.3, 0.4) is 0 Å². The summed E-state index contributed by atoms with van der Waals surface area (Å²) in [6, 6.07) is 14.8. The number of esters is 2. The number of fused-ring (bicyclic) bond motifs is 2. The van der Waals surface area contributed by atoms with Crippen molar-refractivity contribution in [3.63, 3.8) is 0 Å². The van der Waals surface area contributed by atoms with Crippen molar-refractivity contribution >= 4 is 11.9 Å². The van der Waals surface area contributed by atoms with Gasteiger partial charge in [-0.15, -0.1) is 0 Å². The van der Waals surface area contributed by atoms with E-state index in [0.29, 0.717) is 22.6 Å². The smallest absolute Gasteiger partial charge is 0.340 e. The summed E-state index contributed by atoms with van der Waals surface area (Å²) in [7, 11) is 0. The van der Waals surface area contributed by atoms with Gasteiger partial charge in [0, 0.05) is 0 Å². The van der Waals surface area contributed by atoms with E-state index < -0.39 is 11.9 Å². The molecular formula is C25H26O4. The quantitative estimate of drug-likeness (QED) is 0.533. The molecule has 2 bridgehead atoms. The largest absolute Gasteiger partial charge is 0.423 e. The van der Waals surface area contributed by atoms with E-state index in [2.05, 4.69) is 13.8 Å². The molecule has 0 amide bonds. The number of hydrogen-bond donors (Lipinski definition) is 0. The number of hydrogen-bond acceptors (Lipinski definition) is 4. The number of aryl methyl sites for hydroxylation is 2. The van der Waals surface area contributed by atoms with Gasteiger partial charge in [-0.05, 0) is 67.2 Å². The topological polar surface area (TPSA) is 52.6 Å². The average Bonchev–Trinajstić information content (AvgIpc) is 3.10. The highest BCUT2D eigenvalue weighted by molar-refractivity contribution is 6.04. The third-order valence-electron chi connectivity index (χ3n) is 6.56. The van der Waals surface area contributed by atoms with Crippen LogP contribution < -0.4 is 9.47 Å². The molecule has 0 aliphatic heterocycles. The van der Waals surface area contributed by atoms with E-state index in [0.717, 1.165) is 24.0 Å². The van der Waals surface area contributed by atoms with E-state index in [1.54, 1.807) is 12.1 Å². The lowest BCUT2D eigenvalue weighted by atomic mass is 9.79. The monoisotopic (exact) mass is 390 g/mol. The van der Waals surface area contributed by atoms with Gasteiger partial charge in [0.25, 0.3) is 0 Å². The van der Waals surface area contributed by atoms with Gasteiger partial charge in [0.05, 0.1) is 11.1 Å². The summed E-state index contributed by atoms with van der Waals surface area (Å²) in [6.45, 7) is 8.05.